The lowest BCUT2D eigenvalue weighted by molar-refractivity contribution is -0.118. The zero-order valence-corrected chi connectivity index (χ0v) is 27.3. The van der Waals surface area contributed by atoms with Crippen molar-refractivity contribution in [3.63, 3.8) is 0 Å². The third-order valence-corrected chi connectivity index (χ3v) is 9.41. The molecule has 0 saturated heterocycles. The molecule has 2 aromatic heterocycles. The molecule has 0 saturated carbocycles. The van der Waals surface area contributed by atoms with E-state index in [9.17, 15) is 4.79 Å². The normalized spacial score (nSPS) is 16.8. The average Bonchev–Trinajstić information content (AvgIpc) is 3.53. The molecule has 10 heteroatoms. The van der Waals surface area contributed by atoms with E-state index in [0.717, 1.165) is 62.0 Å². The highest BCUT2D eigenvalue weighted by Crippen LogP contribution is 2.52. The van der Waals surface area contributed by atoms with Crippen molar-refractivity contribution in [2.24, 2.45) is 5.41 Å². The van der Waals surface area contributed by atoms with E-state index >= 15 is 0 Å². The van der Waals surface area contributed by atoms with Gasteiger partial charge in [-0.2, -0.15) is 9.97 Å². The summed E-state index contributed by atoms with van der Waals surface area (Å²) >= 11 is 0. The molecule has 0 fully saturated rings. The van der Waals surface area contributed by atoms with Gasteiger partial charge in [-0.25, -0.2) is 4.63 Å². The van der Waals surface area contributed by atoms with Gasteiger partial charge in [0.05, 0.1) is 13.2 Å². The number of hydrogen-bond acceptors (Lipinski definition) is 10. The van der Waals surface area contributed by atoms with E-state index in [1.165, 1.54) is 0 Å². The first kappa shape index (κ1) is 29.6. The lowest BCUT2D eigenvalue weighted by atomic mass is 9.68. The van der Waals surface area contributed by atoms with Gasteiger partial charge in [0, 0.05) is 28.9 Å². The predicted octanol–water partition coefficient (Wildman–Crippen LogP) is 8.64. The highest BCUT2D eigenvalue weighted by atomic mass is 16.6. The fraction of sp³-hybridized carbons (Fsp3) is 0.237. The summed E-state index contributed by atoms with van der Waals surface area (Å²) in [4.78, 5) is 23.1. The van der Waals surface area contributed by atoms with Gasteiger partial charge >= 0.3 is 0 Å². The van der Waals surface area contributed by atoms with Crippen LogP contribution >= 0.6 is 0 Å². The lowest BCUT2D eigenvalue weighted by Crippen LogP contribution is -2.33. The maximum atomic E-state index is 14.0. The van der Waals surface area contributed by atoms with Gasteiger partial charge in [0.15, 0.2) is 23.1 Å². The second kappa shape index (κ2) is 11.2. The summed E-state index contributed by atoms with van der Waals surface area (Å²) in [6.07, 6.45) is 1.29. The molecule has 0 bridgehead atoms. The number of nitrogens with zero attached hydrogens (tertiary/aromatic N) is 4. The standard InChI is InChI=1S/C38H34N6O4/c1-20-9-8-12-26(21(20)2)40-36-37(42-35-34(41-36)43-48-44-35)47-29-16-14-23(17-30(29)46-5)33-32-25(18-38(3,4)19-28(32)45)31-24-11-7-6-10-22(24)13-15-27(31)39-33/h6-17,33,39H,18-19H2,1-5H3,(H,40,41,43)/t33-/m0/s1. The Labute approximate surface area is 277 Å². The fourth-order valence-corrected chi connectivity index (χ4v) is 6.93. The molecule has 48 heavy (non-hydrogen) atoms. The Morgan fingerprint density at radius 2 is 1.73 bits per heavy atom. The van der Waals surface area contributed by atoms with Crippen LogP contribution in [0.15, 0.2) is 83.0 Å². The summed E-state index contributed by atoms with van der Waals surface area (Å²) in [6, 6.07) is 23.9. The Bertz CT molecular complexity index is 2310. The van der Waals surface area contributed by atoms with E-state index < -0.39 is 0 Å². The number of Topliss-reactive ketones (excluding diaryl/α,β-unsaturated/α-hetero) is 1. The molecule has 0 amide bonds. The predicted molar refractivity (Wildman–Crippen MR) is 185 cm³/mol. The van der Waals surface area contributed by atoms with Crippen LogP contribution in [0.2, 0.25) is 0 Å². The lowest BCUT2D eigenvalue weighted by Gasteiger charge is -2.40. The third-order valence-electron chi connectivity index (χ3n) is 9.41. The molecule has 0 spiro atoms. The number of nitrogens with one attached hydrogen (secondary N) is 2. The number of methoxy groups -OCH3 is 1. The van der Waals surface area contributed by atoms with Gasteiger partial charge < -0.3 is 20.1 Å². The van der Waals surface area contributed by atoms with E-state index in [0.29, 0.717) is 23.7 Å². The molecule has 6 aromatic rings. The number of aromatic nitrogens is 4. The summed E-state index contributed by atoms with van der Waals surface area (Å²) in [5, 5.41) is 17.1. The topological polar surface area (TPSA) is 124 Å². The van der Waals surface area contributed by atoms with Gasteiger partial charge in [0.25, 0.3) is 5.88 Å². The summed E-state index contributed by atoms with van der Waals surface area (Å²) in [5.41, 5.74) is 8.29. The van der Waals surface area contributed by atoms with Crippen molar-refractivity contribution in [2.45, 2.75) is 46.6 Å². The SMILES string of the molecule is COc1cc([C@@H]2Nc3ccc4ccccc4c3C3=C2C(=O)CC(C)(C)C3)ccc1Oc1nc2nonc2nc1Nc1cccc(C)c1C. The van der Waals surface area contributed by atoms with Crippen molar-refractivity contribution >= 4 is 50.6 Å². The van der Waals surface area contributed by atoms with Gasteiger partial charge in [-0.3, -0.25) is 4.79 Å². The van der Waals surface area contributed by atoms with E-state index in [1.54, 1.807) is 7.11 Å². The van der Waals surface area contributed by atoms with E-state index in [1.807, 2.05) is 56.3 Å². The molecule has 1 aliphatic heterocycles. The second-order valence-corrected chi connectivity index (χ2v) is 13.3. The minimum atomic E-state index is -0.362. The van der Waals surface area contributed by atoms with Crippen LogP contribution in [-0.4, -0.2) is 33.2 Å². The first-order valence-electron chi connectivity index (χ1n) is 15.9. The highest BCUT2D eigenvalue weighted by molar-refractivity contribution is 6.12. The molecular formula is C38H34N6O4. The molecule has 8 rings (SSSR count). The number of hydrogen-bond donors (Lipinski definition) is 2. The van der Waals surface area contributed by atoms with E-state index in [-0.39, 0.29) is 34.4 Å². The Morgan fingerprint density at radius 1 is 0.917 bits per heavy atom. The first-order chi connectivity index (χ1) is 23.2. The Balaban J connectivity index is 1.20. The zero-order valence-electron chi connectivity index (χ0n) is 27.3. The second-order valence-electron chi connectivity index (χ2n) is 13.3. The molecular weight excluding hydrogens is 604 g/mol. The number of allylic oxidation sites excluding steroid dienone is 1. The summed E-state index contributed by atoms with van der Waals surface area (Å²) < 4.78 is 17.1. The number of carbonyl (C=O) groups excluding carboxylic acids is 1. The van der Waals surface area contributed by atoms with E-state index in [2.05, 4.69) is 75.1 Å². The quantitative estimate of drug-likeness (QED) is 0.183. The molecule has 2 aliphatic rings. The Morgan fingerprint density at radius 3 is 2.56 bits per heavy atom. The molecule has 0 radical (unpaired) electrons. The minimum absolute atomic E-state index is 0.147. The van der Waals surface area contributed by atoms with Crippen LogP contribution in [0, 0.1) is 19.3 Å². The van der Waals surface area contributed by atoms with Crippen molar-refractivity contribution in [1.82, 2.24) is 20.3 Å². The van der Waals surface area contributed by atoms with Crippen LogP contribution in [0.1, 0.15) is 55.0 Å². The number of benzene rings is 4. The largest absolute Gasteiger partial charge is 0.493 e. The number of aryl methyl sites for hydroxylation is 1. The van der Waals surface area contributed by atoms with Gasteiger partial charge in [0.1, 0.15) is 0 Å². The third kappa shape index (κ3) is 5.00. The van der Waals surface area contributed by atoms with E-state index in [4.69, 9.17) is 14.1 Å². The zero-order chi connectivity index (χ0) is 33.2. The summed E-state index contributed by atoms with van der Waals surface area (Å²) in [7, 11) is 1.59. The molecule has 0 unspecified atom stereocenters. The van der Waals surface area contributed by atoms with Crippen molar-refractivity contribution in [1.29, 1.82) is 0 Å². The van der Waals surface area contributed by atoms with Crippen LogP contribution in [0.25, 0.3) is 27.6 Å². The number of anilines is 3. The molecule has 10 nitrogen and oxygen atoms in total. The molecule has 2 N–H and O–H groups in total. The number of carbonyl (C=O) groups is 1. The van der Waals surface area contributed by atoms with Crippen LogP contribution < -0.4 is 20.1 Å². The fourth-order valence-electron chi connectivity index (χ4n) is 6.93. The number of ether oxygens (including phenoxy) is 2. The molecule has 3 heterocycles. The molecule has 240 valence electrons. The molecule has 1 atom stereocenters. The molecule has 1 aliphatic carbocycles. The van der Waals surface area contributed by atoms with Crippen molar-refractivity contribution in [2.75, 3.05) is 17.7 Å². The van der Waals surface area contributed by atoms with Gasteiger partial charge in [0.2, 0.25) is 11.3 Å². The summed E-state index contributed by atoms with van der Waals surface area (Å²) in [6.45, 7) is 8.42. The molecule has 4 aromatic carbocycles. The summed E-state index contributed by atoms with van der Waals surface area (Å²) in [5.74, 6) is 1.58. The van der Waals surface area contributed by atoms with Gasteiger partial charge in [-0.15, -0.1) is 0 Å². The monoisotopic (exact) mass is 638 g/mol. The maximum Gasteiger partial charge on any atom is 0.265 e. The van der Waals surface area contributed by atoms with Crippen molar-refractivity contribution in [3.8, 4) is 17.4 Å². The first-order valence-corrected chi connectivity index (χ1v) is 15.9. The number of ketones is 1. The Hall–Kier alpha value is -5.77. The average molecular weight is 639 g/mol. The van der Waals surface area contributed by atoms with Gasteiger partial charge in [-0.05, 0) is 93.3 Å². The maximum absolute atomic E-state index is 14.0. The highest BCUT2D eigenvalue weighted by Gasteiger charge is 2.41. The van der Waals surface area contributed by atoms with Crippen LogP contribution in [-0.2, 0) is 4.79 Å². The van der Waals surface area contributed by atoms with Crippen molar-refractivity contribution < 1.29 is 18.9 Å². The van der Waals surface area contributed by atoms with Crippen molar-refractivity contribution in [3.05, 3.63) is 101 Å². The minimum Gasteiger partial charge on any atom is -0.493 e. The van der Waals surface area contributed by atoms with Crippen LogP contribution in [0.5, 0.6) is 17.4 Å². The smallest absolute Gasteiger partial charge is 0.265 e. The van der Waals surface area contributed by atoms with Crippen LogP contribution in [0.4, 0.5) is 17.2 Å². The van der Waals surface area contributed by atoms with Gasteiger partial charge in [-0.1, -0.05) is 62.4 Å². The van der Waals surface area contributed by atoms with Crippen LogP contribution in [0.3, 0.4) is 0 Å². The Kier molecular flexibility index (Phi) is 6.90. The number of rotatable bonds is 6. The number of fused-ring (bicyclic) bond motifs is 5.